The Hall–Kier alpha value is -2.56. The Morgan fingerprint density at radius 2 is 1.82 bits per heavy atom. The maximum atomic E-state index is 13.8. The van der Waals surface area contributed by atoms with Gasteiger partial charge in [-0.15, -0.1) is 0 Å². The zero-order valence-corrected chi connectivity index (χ0v) is 21.8. The van der Waals surface area contributed by atoms with E-state index in [4.69, 9.17) is 16.3 Å². The van der Waals surface area contributed by atoms with Gasteiger partial charge in [0.05, 0.1) is 34.5 Å². The van der Waals surface area contributed by atoms with Crippen molar-refractivity contribution in [3.05, 3.63) is 23.2 Å². The second kappa shape index (κ2) is 9.27. The molecule has 4 fully saturated rings. The zero-order chi connectivity index (χ0) is 27.5. The fourth-order valence-corrected chi connectivity index (χ4v) is 7.38. The third kappa shape index (κ3) is 4.60. The first-order valence-electron chi connectivity index (χ1n) is 12.3. The highest BCUT2D eigenvalue weighted by Crippen LogP contribution is 2.59. The van der Waals surface area contributed by atoms with Gasteiger partial charge >= 0.3 is 6.18 Å². The number of nitriles is 1. The van der Waals surface area contributed by atoms with E-state index in [1.54, 1.807) is 6.07 Å². The highest BCUT2D eigenvalue weighted by atomic mass is 35.5. The molecule has 2 saturated carbocycles. The van der Waals surface area contributed by atoms with Gasteiger partial charge in [-0.2, -0.15) is 18.4 Å². The number of likely N-dealkylation sites (tertiary alicyclic amines) is 1. The molecule has 14 heteroatoms. The maximum Gasteiger partial charge on any atom is 0.403 e. The molecular formula is C24H26ClF3N4O5S. The fraction of sp³-hybridized carbons (Fsp3) is 0.625. The molecule has 2 aliphatic carbocycles. The minimum Gasteiger partial charge on any atom is -0.378 e. The van der Waals surface area contributed by atoms with Crippen molar-refractivity contribution in [3.63, 3.8) is 0 Å². The Morgan fingerprint density at radius 1 is 1.16 bits per heavy atom. The summed E-state index contributed by atoms with van der Waals surface area (Å²) in [5.74, 6) is -2.14. The van der Waals surface area contributed by atoms with Crippen molar-refractivity contribution in [3.8, 4) is 6.07 Å². The highest BCUT2D eigenvalue weighted by Gasteiger charge is 2.70. The van der Waals surface area contributed by atoms with Crippen LogP contribution in [0.2, 0.25) is 5.02 Å². The van der Waals surface area contributed by atoms with Gasteiger partial charge in [-0.05, 0) is 50.3 Å². The Balaban J connectivity index is 1.43. The zero-order valence-electron chi connectivity index (χ0n) is 20.3. The van der Waals surface area contributed by atoms with E-state index in [9.17, 15) is 36.4 Å². The summed E-state index contributed by atoms with van der Waals surface area (Å²) in [4.78, 5) is 28.8. The second-order valence-electron chi connectivity index (χ2n) is 10.4. The van der Waals surface area contributed by atoms with Crippen molar-refractivity contribution in [1.82, 2.24) is 10.2 Å². The fourth-order valence-electron chi connectivity index (χ4n) is 5.14. The van der Waals surface area contributed by atoms with Gasteiger partial charge in [0.25, 0.3) is 0 Å². The van der Waals surface area contributed by atoms with Crippen molar-refractivity contribution in [2.24, 2.45) is 5.41 Å². The molecule has 5 rings (SSSR count). The third-order valence-corrected chi connectivity index (χ3v) is 10.5. The quantitative estimate of drug-likeness (QED) is 0.554. The molecule has 0 radical (unpaired) electrons. The van der Waals surface area contributed by atoms with E-state index in [1.807, 2.05) is 11.0 Å². The molecule has 2 saturated heterocycles. The Bertz CT molecular complexity index is 1300. The first-order valence-corrected chi connectivity index (χ1v) is 14.2. The van der Waals surface area contributed by atoms with Gasteiger partial charge in [0, 0.05) is 25.3 Å². The molecule has 2 aliphatic heterocycles. The molecule has 206 valence electrons. The molecule has 0 aromatic heterocycles. The summed E-state index contributed by atoms with van der Waals surface area (Å²) in [5.41, 5.74) is -3.05. The molecule has 38 heavy (non-hydrogen) atoms. The number of amides is 2. The Kier molecular flexibility index (Phi) is 6.60. The average molecular weight is 575 g/mol. The SMILES string of the molecule is N#CC1(NC(=O)C2C[C@@H](S(=O)(=O)c3ccc(N4CCOCC4)cc3Cl)CN2C(=O)C2(C(F)(F)F)CC2)CC1. The van der Waals surface area contributed by atoms with Gasteiger partial charge in [0.1, 0.15) is 17.0 Å². The van der Waals surface area contributed by atoms with Crippen LogP contribution in [-0.4, -0.2) is 81.0 Å². The first-order chi connectivity index (χ1) is 17.8. The van der Waals surface area contributed by atoms with Crippen LogP contribution in [-0.2, 0) is 24.2 Å². The van der Waals surface area contributed by atoms with E-state index in [0.717, 1.165) is 4.90 Å². The second-order valence-corrected chi connectivity index (χ2v) is 13.0. The van der Waals surface area contributed by atoms with Crippen LogP contribution in [0.4, 0.5) is 18.9 Å². The number of carbonyl (C=O) groups is 2. The summed E-state index contributed by atoms with van der Waals surface area (Å²) in [6.07, 6.45) is -5.34. The van der Waals surface area contributed by atoms with E-state index < -0.39 is 75.9 Å². The average Bonchev–Trinajstić information content (AvgIpc) is 3.80. The Labute approximate surface area is 222 Å². The molecule has 2 atom stereocenters. The third-order valence-electron chi connectivity index (χ3n) is 7.89. The highest BCUT2D eigenvalue weighted by molar-refractivity contribution is 7.92. The normalized spacial score (nSPS) is 26.0. The van der Waals surface area contributed by atoms with Crippen molar-refractivity contribution < 1.29 is 35.9 Å². The number of anilines is 1. The molecule has 2 heterocycles. The lowest BCUT2D eigenvalue weighted by Crippen LogP contribution is -2.53. The molecule has 9 nitrogen and oxygen atoms in total. The topological polar surface area (TPSA) is 120 Å². The molecule has 1 aromatic rings. The molecule has 0 bridgehead atoms. The van der Waals surface area contributed by atoms with Crippen LogP contribution < -0.4 is 10.2 Å². The summed E-state index contributed by atoms with van der Waals surface area (Å²) in [5, 5.41) is 10.4. The Morgan fingerprint density at radius 3 is 2.34 bits per heavy atom. The van der Waals surface area contributed by atoms with Gasteiger partial charge in [0.2, 0.25) is 11.8 Å². The van der Waals surface area contributed by atoms with Crippen LogP contribution in [0.5, 0.6) is 0 Å². The number of alkyl halides is 3. The largest absolute Gasteiger partial charge is 0.403 e. The van der Waals surface area contributed by atoms with Gasteiger partial charge in [0.15, 0.2) is 9.84 Å². The van der Waals surface area contributed by atoms with Crippen molar-refractivity contribution in [1.29, 1.82) is 5.26 Å². The van der Waals surface area contributed by atoms with Crippen molar-refractivity contribution >= 4 is 38.9 Å². The van der Waals surface area contributed by atoms with Gasteiger partial charge < -0.3 is 19.9 Å². The van der Waals surface area contributed by atoms with Gasteiger partial charge in [-0.3, -0.25) is 9.59 Å². The molecule has 2 amide bonds. The van der Waals surface area contributed by atoms with Crippen LogP contribution in [0.15, 0.2) is 23.1 Å². The lowest BCUT2D eigenvalue weighted by molar-refractivity contribution is -0.199. The van der Waals surface area contributed by atoms with E-state index in [2.05, 4.69) is 5.32 Å². The predicted octanol–water partition coefficient (Wildman–Crippen LogP) is 2.43. The van der Waals surface area contributed by atoms with E-state index >= 15 is 0 Å². The summed E-state index contributed by atoms with van der Waals surface area (Å²) in [6.45, 7) is 1.64. The number of hydrogen-bond donors (Lipinski definition) is 1. The summed E-state index contributed by atoms with van der Waals surface area (Å²) < 4.78 is 73.9. The summed E-state index contributed by atoms with van der Waals surface area (Å²) >= 11 is 6.38. The van der Waals surface area contributed by atoms with Gasteiger partial charge in [-0.1, -0.05) is 11.6 Å². The first kappa shape index (κ1) is 27.0. The number of ether oxygens (including phenoxy) is 1. The molecule has 1 aromatic carbocycles. The maximum absolute atomic E-state index is 13.8. The molecule has 4 aliphatic rings. The van der Waals surface area contributed by atoms with Gasteiger partial charge in [-0.25, -0.2) is 8.42 Å². The summed E-state index contributed by atoms with van der Waals surface area (Å²) in [6, 6.07) is 4.95. The van der Waals surface area contributed by atoms with Crippen LogP contribution in [0.3, 0.4) is 0 Å². The van der Waals surface area contributed by atoms with E-state index in [-0.39, 0.29) is 9.92 Å². The molecule has 1 unspecified atom stereocenters. The number of nitrogens with zero attached hydrogens (tertiary/aromatic N) is 3. The van der Waals surface area contributed by atoms with Crippen LogP contribution in [0.1, 0.15) is 32.1 Å². The number of hydrogen-bond acceptors (Lipinski definition) is 7. The number of sulfone groups is 1. The molecular weight excluding hydrogens is 549 g/mol. The number of halogens is 4. The van der Waals surface area contributed by atoms with E-state index in [0.29, 0.717) is 44.8 Å². The number of carbonyl (C=O) groups excluding carboxylic acids is 2. The molecule has 1 N–H and O–H groups in total. The lowest BCUT2D eigenvalue weighted by Gasteiger charge is -2.29. The minimum atomic E-state index is -4.83. The number of morpholine rings is 1. The van der Waals surface area contributed by atoms with Crippen LogP contribution >= 0.6 is 11.6 Å². The van der Waals surface area contributed by atoms with Crippen LogP contribution in [0, 0.1) is 16.7 Å². The number of nitrogens with one attached hydrogen (secondary N) is 1. The lowest BCUT2D eigenvalue weighted by atomic mass is 10.0. The van der Waals surface area contributed by atoms with Crippen LogP contribution in [0.25, 0.3) is 0 Å². The summed E-state index contributed by atoms with van der Waals surface area (Å²) in [7, 11) is -4.24. The standard InChI is InChI=1S/C24H26ClF3N4O5S/c25-17-11-15(31-7-9-37-10-8-31)1-2-19(17)38(35,36)16-12-18(20(33)30-22(14-29)3-4-22)32(13-16)21(34)23(5-6-23)24(26,27)28/h1-2,11,16,18H,3-10,12-13H2,(H,30,33)/t16-,18?/m1/s1. The number of rotatable bonds is 6. The van der Waals surface area contributed by atoms with Crippen molar-refractivity contribution in [2.45, 2.75) is 60.0 Å². The minimum absolute atomic E-state index is 0.0601. The predicted molar refractivity (Wildman–Crippen MR) is 129 cm³/mol. The smallest absolute Gasteiger partial charge is 0.378 e. The molecule has 0 spiro atoms. The van der Waals surface area contributed by atoms with E-state index in [1.165, 1.54) is 12.1 Å². The monoisotopic (exact) mass is 574 g/mol. The van der Waals surface area contributed by atoms with Crippen molar-refractivity contribution in [2.75, 3.05) is 37.7 Å². The number of benzene rings is 1.